The van der Waals surface area contributed by atoms with Gasteiger partial charge >= 0.3 is 11.9 Å². The highest BCUT2D eigenvalue weighted by atomic mass is 16.5. The number of hydrazine groups is 1. The minimum Gasteiger partial charge on any atom is -0.468 e. The van der Waals surface area contributed by atoms with Gasteiger partial charge in [0.25, 0.3) is 0 Å². The van der Waals surface area contributed by atoms with Gasteiger partial charge in [-0.1, -0.05) is 60.7 Å². The molecule has 0 aliphatic carbocycles. The van der Waals surface area contributed by atoms with Crippen molar-refractivity contribution in [2.24, 2.45) is 0 Å². The summed E-state index contributed by atoms with van der Waals surface area (Å²) in [6.45, 7) is 1.00. The summed E-state index contributed by atoms with van der Waals surface area (Å²) in [4.78, 5) is 25.3. The van der Waals surface area contributed by atoms with E-state index in [-0.39, 0.29) is 11.9 Å². The first-order valence-corrected chi connectivity index (χ1v) is 9.90. The monoisotopic (exact) mass is 396 g/mol. The summed E-state index contributed by atoms with van der Waals surface area (Å²) in [5.74, 6) is -0.575. The number of ether oxygens (including phenoxy) is 2. The number of methoxy groups -OCH3 is 2. The van der Waals surface area contributed by atoms with E-state index in [9.17, 15) is 9.59 Å². The summed E-state index contributed by atoms with van der Waals surface area (Å²) < 4.78 is 10.2. The lowest BCUT2D eigenvalue weighted by molar-refractivity contribution is -0.173. The van der Waals surface area contributed by atoms with E-state index in [1.54, 1.807) is 0 Å². The number of rotatable bonds is 6. The van der Waals surface area contributed by atoms with Crippen LogP contribution in [0.25, 0.3) is 0 Å². The standard InChI is InChI=1S/C23H28N2O4/c1-28-22(26)20-14-9-15-21(23(27)29-2)25(17-19-12-7-4-8-13-19)24(20)16-18-10-5-3-6-11-18/h3-8,10-13,20-21H,9,14-17H2,1-2H3/t20-,21+. The highest BCUT2D eigenvalue weighted by molar-refractivity contribution is 5.77. The van der Waals surface area contributed by atoms with Gasteiger partial charge in [-0.05, 0) is 30.4 Å². The first kappa shape index (κ1) is 21.0. The number of hydrogen-bond donors (Lipinski definition) is 0. The number of carbonyl (C=O) groups excluding carboxylic acids is 2. The molecule has 0 radical (unpaired) electrons. The largest absolute Gasteiger partial charge is 0.468 e. The van der Waals surface area contributed by atoms with Gasteiger partial charge in [0, 0.05) is 13.1 Å². The Bertz CT molecular complexity index is 730. The molecule has 3 rings (SSSR count). The van der Waals surface area contributed by atoms with Crippen molar-refractivity contribution in [2.75, 3.05) is 14.2 Å². The van der Waals surface area contributed by atoms with Crippen molar-refractivity contribution in [2.45, 2.75) is 44.4 Å². The summed E-state index contributed by atoms with van der Waals surface area (Å²) >= 11 is 0. The number of hydrogen-bond acceptors (Lipinski definition) is 6. The normalized spacial score (nSPS) is 20.6. The second-order valence-electron chi connectivity index (χ2n) is 7.18. The van der Waals surface area contributed by atoms with Gasteiger partial charge in [0.05, 0.1) is 14.2 Å². The number of benzene rings is 2. The molecular weight excluding hydrogens is 368 g/mol. The molecule has 2 atom stereocenters. The van der Waals surface area contributed by atoms with Gasteiger partial charge in [-0.3, -0.25) is 9.59 Å². The highest BCUT2D eigenvalue weighted by Gasteiger charge is 2.40. The van der Waals surface area contributed by atoms with E-state index in [1.165, 1.54) is 14.2 Å². The van der Waals surface area contributed by atoms with Gasteiger partial charge in [0.1, 0.15) is 12.1 Å². The zero-order valence-electron chi connectivity index (χ0n) is 17.0. The molecule has 29 heavy (non-hydrogen) atoms. The molecule has 0 amide bonds. The molecule has 1 aliphatic heterocycles. The average molecular weight is 396 g/mol. The third kappa shape index (κ3) is 5.22. The zero-order valence-corrected chi connectivity index (χ0v) is 17.0. The third-order valence-electron chi connectivity index (χ3n) is 5.33. The zero-order chi connectivity index (χ0) is 20.6. The Labute approximate surface area is 172 Å². The average Bonchev–Trinajstić information content (AvgIpc) is 2.94. The third-order valence-corrected chi connectivity index (χ3v) is 5.33. The quantitative estimate of drug-likeness (QED) is 0.699. The van der Waals surface area contributed by atoms with Gasteiger partial charge in [0.15, 0.2) is 0 Å². The van der Waals surface area contributed by atoms with E-state index in [2.05, 4.69) is 0 Å². The molecule has 0 N–H and O–H groups in total. The van der Waals surface area contributed by atoms with Crippen molar-refractivity contribution in [3.05, 3.63) is 71.8 Å². The summed E-state index contributed by atoms with van der Waals surface area (Å²) in [6, 6.07) is 19.0. The van der Waals surface area contributed by atoms with Crippen molar-refractivity contribution in [3.8, 4) is 0 Å². The number of esters is 2. The van der Waals surface area contributed by atoms with Crippen LogP contribution in [-0.4, -0.2) is 48.3 Å². The van der Waals surface area contributed by atoms with Crippen LogP contribution in [0.3, 0.4) is 0 Å². The summed E-state index contributed by atoms with van der Waals surface area (Å²) in [5, 5.41) is 3.98. The Morgan fingerprint density at radius 3 is 1.48 bits per heavy atom. The van der Waals surface area contributed by atoms with Crippen LogP contribution in [0.2, 0.25) is 0 Å². The lowest BCUT2D eigenvalue weighted by Crippen LogP contribution is -2.55. The van der Waals surface area contributed by atoms with E-state index < -0.39 is 12.1 Å². The SMILES string of the molecule is COC(=O)[C@H]1CCC[C@@H](C(=O)OC)N(Cc2ccccc2)N1Cc1ccccc1. The van der Waals surface area contributed by atoms with Crippen LogP contribution in [-0.2, 0) is 32.2 Å². The Balaban J connectivity index is 2.01. The Morgan fingerprint density at radius 2 is 1.14 bits per heavy atom. The molecule has 6 heteroatoms. The molecule has 2 aromatic rings. The van der Waals surface area contributed by atoms with Crippen LogP contribution in [0.5, 0.6) is 0 Å². The van der Waals surface area contributed by atoms with E-state index in [4.69, 9.17) is 9.47 Å². The maximum absolute atomic E-state index is 12.7. The first-order valence-electron chi connectivity index (χ1n) is 9.90. The van der Waals surface area contributed by atoms with Gasteiger partial charge in [0.2, 0.25) is 0 Å². The molecule has 1 fully saturated rings. The van der Waals surface area contributed by atoms with Crippen molar-refractivity contribution < 1.29 is 19.1 Å². The highest BCUT2D eigenvalue weighted by Crippen LogP contribution is 2.28. The lowest BCUT2D eigenvalue weighted by Gasteiger charge is -2.40. The van der Waals surface area contributed by atoms with Crippen molar-refractivity contribution in [1.29, 1.82) is 0 Å². The minimum absolute atomic E-state index is 0.287. The predicted octanol–water partition coefficient (Wildman–Crippen LogP) is 3.17. The van der Waals surface area contributed by atoms with Crippen LogP contribution in [0.4, 0.5) is 0 Å². The number of carbonyl (C=O) groups is 2. The minimum atomic E-state index is -0.460. The molecule has 154 valence electrons. The van der Waals surface area contributed by atoms with E-state index in [0.717, 1.165) is 17.5 Å². The van der Waals surface area contributed by atoms with Gasteiger partial charge in [-0.25, -0.2) is 10.0 Å². The van der Waals surface area contributed by atoms with Crippen molar-refractivity contribution in [3.63, 3.8) is 0 Å². The topological polar surface area (TPSA) is 59.1 Å². The van der Waals surface area contributed by atoms with Crippen molar-refractivity contribution in [1.82, 2.24) is 10.0 Å². The van der Waals surface area contributed by atoms with E-state index in [0.29, 0.717) is 25.9 Å². The molecule has 0 aromatic heterocycles. The predicted molar refractivity (Wildman–Crippen MR) is 109 cm³/mol. The van der Waals surface area contributed by atoms with Crippen LogP contribution in [0, 0.1) is 0 Å². The Kier molecular flexibility index (Phi) is 7.38. The van der Waals surface area contributed by atoms with Gasteiger partial charge in [-0.15, -0.1) is 0 Å². The van der Waals surface area contributed by atoms with Gasteiger partial charge < -0.3 is 9.47 Å². The molecule has 1 saturated heterocycles. The van der Waals surface area contributed by atoms with Crippen LogP contribution < -0.4 is 0 Å². The van der Waals surface area contributed by atoms with Crippen LogP contribution in [0.15, 0.2) is 60.7 Å². The second kappa shape index (κ2) is 10.2. The Hall–Kier alpha value is -2.70. The Morgan fingerprint density at radius 1 is 0.759 bits per heavy atom. The summed E-state index contributed by atoms with van der Waals surface area (Å²) in [5.41, 5.74) is 2.12. The van der Waals surface area contributed by atoms with Crippen LogP contribution in [0.1, 0.15) is 30.4 Å². The number of nitrogens with zero attached hydrogens (tertiary/aromatic N) is 2. The first-order chi connectivity index (χ1) is 14.1. The van der Waals surface area contributed by atoms with E-state index >= 15 is 0 Å². The fourth-order valence-electron chi connectivity index (χ4n) is 3.85. The molecule has 2 aromatic carbocycles. The molecule has 0 bridgehead atoms. The van der Waals surface area contributed by atoms with E-state index in [1.807, 2.05) is 70.7 Å². The summed E-state index contributed by atoms with van der Waals surface area (Å²) in [7, 11) is 2.82. The van der Waals surface area contributed by atoms with Crippen molar-refractivity contribution >= 4 is 11.9 Å². The summed E-state index contributed by atoms with van der Waals surface area (Å²) in [6.07, 6.45) is 1.98. The molecule has 1 aliphatic rings. The molecule has 0 spiro atoms. The van der Waals surface area contributed by atoms with Gasteiger partial charge in [-0.2, -0.15) is 0 Å². The fourth-order valence-corrected chi connectivity index (χ4v) is 3.85. The fraction of sp³-hybridized carbons (Fsp3) is 0.391. The molecule has 0 saturated carbocycles. The molecule has 6 nitrogen and oxygen atoms in total. The lowest BCUT2D eigenvalue weighted by atomic mass is 10.1. The maximum Gasteiger partial charge on any atom is 0.324 e. The van der Waals surface area contributed by atoms with Crippen LogP contribution >= 0.6 is 0 Å². The maximum atomic E-state index is 12.7. The molecule has 0 unspecified atom stereocenters. The molecular formula is C23H28N2O4. The molecule has 1 heterocycles. The second-order valence-corrected chi connectivity index (χ2v) is 7.18. The smallest absolute Gasteiger partial charge is 0.324 e.